The summed E-state index contributed by atoms with van der Waals surface area (Å²) in [5.74, 6) is 0.814. The van der Waals surface area contributed by atoms with Crippen molar-refractivity contribution in [2.24, 2.45) is 0 Å². The van der Waals surface area contributed by atoms with E-state index >= 15 is 0 Å². The van der Waals surface area contributed by atoms with Crippen LogP contribution in [0.1, 0.15) is 31.9 Å². The third kappa shape index (κ3) is 3.92. The van der Waals surface area contributed by atoms with E-state index in [-0.39, 0.29) is 6.04 Å². The zero-order valence-electron chi connectivity index (χ0n) is 12.1. The molecule has 0 aliphatic heterocycles. The van der Waals surface area contributed by atoms with Gasteiger partial charge in [0.15, 0.2) is 0 Å². The topological polar surface area (TPSA) is 47.3 Å². The van der Waals surface area contributed by atoms with Crippen molar-refractivity contribution in [2.75, 3.05) is 17.7 Å². The zero-order chi connectivity index (χ0) is 14.4. The molecular formula is C17H22N2O. The second-order valence-corrected chi connectivity index (χ2v) is 4.92. The average Bonchev–Trinajstić information content (AvgIpc) is 2.45. The Bertz CT molecular complexity index is 540. The lowest BCUT2D eigenvalue weighted by Crippen LogP contribution is -2.07. The van der Waals surface area contributed by atoms with Gasteiger partial charge in [0, 0.05) is 29.5 Å². The summed E-state index contributed by atoms with van der Waals surface area (Å²) in [6.45, 7) is 4.92. The Labute approximate surface area is 120 Å². The molecule has 3 heteroatoms. The van der Waals surface area contributed by atoms with Crippen LogP contribution in [0, 0.1) is 0 Å². The van der Waals surface area contributed by atoms with Crippen molar-refractivity contribution >= 4 is 11.4 Å². The molecule has 106 valence electrons. The Morgan fingerprint density at radius 1 is 1.15 bits per heavy atom. The lowest BCUT2D eigenvalue weighted by molar-refractivity contribution is 0.318. The Kier molecular flexibility index (Phi) is 4.88. The van der Waals surface area contributed by atoms with Gasteiger partial charge in [0.05, 0.1) is 6.61 Å². The predicted molar refractivity (Wildman–Crippen MR) is 85.1 cm³/mol. The minimum absolute atomic E-state index is 0.219. The summed E-state index contributed by atoms with van der Waals surface area (Å²) < 4.78 is 5.64. The maximum atomic E-state index is 5.93. The number of nitrogen functional groups attached to an aromatic ring is 1. The summed E-state index contributed by atoms with van der Waals surface area (Å²) in [7, 11) is 0. The molecule has 0 fully saturated rings. The number of benzene rings is 2. The molecule has 0 radical (unpaired) electrons. The minimum Gasteiger partial charge on any atom is -0.493 e. The Morgan fingerprint density at radius 2 is 1.90 bits per heavy atom. The van der Waals surface area contributed by atoms with Crippen LogP contribution in [0.2, 0.25) is 0 Å². The van der Waals surface area contributed by atoms with Crippen molar-refractivity contribution in [3.63, 3.8) is 0 Å². The predicted octanol–water partition coefficient (Wildman–Crippen LogP) is 4.23. The van der Waals surface area contributed by atoms with Crippen LogP contribution in [-0.2, 0) is 0 Å². The van der Waals surface area contributed by atoms with Gasteiger partial charge < -0.3 is 15.8 Å². The van der Waals surface area contributed by atoms with Crippen molar-refractivity contribution in [1.82, 2.24) is 0 Å². The molecule has 0 amide bonds. The normalized spacial score (nSPS) is 11.9. The molecule has 3 N–H and O–H groups in total. The first-order chi connectivity index (χ1) is 9.69. The third-order valence-electron chi connectivity index (χ3n) is 3.08. The lowest BCUT2D eigenvalue weighted by Gasteiger charge is -2.17. The first kappa shape index (κ1) is 14.3. The quantitative estimate of drug-likeness (QED) is 0.772. The van der Waals surface area contributed by atoms with Crippen molar-refractivity contribution in [2.45, 2.75) is 26.3 Å². The van der Waals surface area contributed by atoms with Crippen LogP contribution in [0.5, 0.6) is 5.75 Å². The number of anilines is 2. The highest BCUT2D eigenvalue weighted by molar-refractivity contribution is 5.59. The largest absolute Gasteiger partial charge is 0.493 e. The van der Waals surface area contributed by atoms with Gasteiger partial charge in [-0.25, -0.2) is 0 Å². The van der Waals surface area contributed by atoms with E-state index in [1.54, 1.807) is 0 Å². The van der Waals surface area contributed by atoms with Crippen LogP contribution in [-0.4, -0.2) is 6.61 Å². The number of nitrogens with one attached hydrogen (secondary N) is 1. The zero-order valence-corrected chi connectivity index (χ0v) is 12.1. The van der Waals surface area contributed by atoms with Crippen LogP contribution >= 0.6 is 0 Å². The van der Waals surface area contributed by atoms with Gasteiger partial charge in [0.2, 0.25) is 0 Å². The fourth-order valence-electron chi connectivity index (χ4n) is 2.08. The van der Waals surface area contributed by atoms with Crippen molar-refractivity contribution in [3.05, 3.63) is 54.1 Å². The second-order valence-electron chi connectivity index (χ2n) is 4.92. The van der Waals surface area contributed by atoms with E-state index < -0.39 is 0 Å². The van der Waals surface area contributed by atoms with Gasteiger partial charge in [0.1, 0.15) is 5.75 Å². The molecule has 0 spiro atoms. The summed E-state index contributed by atoms with van der Waals surface area (Å²) in [6, 6.07) is 16.3. The van der Waals surface area contributed by atoms with E-state index in [1.165, 1.54) is 5.56 Å². The van der Waals surface area contributed by atoms with Crippen LogP contribution < -0.4 is 15.8 Å². The van der Waals surface area contributed by atoms with Crippen LogP contribution in [0.4, 0.5) is 11.4 Å². The van der Waals surface area contributed by atoms with E-state index in [0.717, 1.165) is 17.9 Å². The number of rotatable bonds is 6. The maximum absolute atomic E-state index is 5.93. The summed E-state index contributed by atoms with van der Waals surface area (Å²) in [6.07, 6.45) is 0.984. The van der Waals surface area contributed by atoms with E-state index in [1.807, 2.05) is 36.4 Å². The van der Waals surface area contributed by atoms with Crippen LogP contribution in [0.3, 0.4) is 0 Å². The number of hydrogen-bond acceptors (Lipinski definition) is 3. The SMILES string of the molecule is CCCOc1cc(N)cc(NC(C)c2ccccc2)c1. The smallest absolute Gasteiger partial charge is 0.123 e. The molecule has 0 bridgehead atoms. The van der Waals surface area contributed by atoms with Gasteiger partial charge in [-0.2, -0.15) is 0 Å². The number of hydrogen-bond donors (Lipinski definition) is 2. The second kappa shape index (κ2) is 6.85. The monoisotopic (exact) mass is 270 g/mol. The first-order valence-electron chi connectivity index (χ1n) is 7.04. The molecule has 0 heterocycles. The highest BCUT2D eigenvalue weighted by atomic mass is 16.5. The molecule has 2 rings (SSSR count). The third-order valence-corrected chi connectivity index (χ3v) is 3.08. The van der Waals surface area contributed by atoms with Crippen LogP contribution in [0.15, 0.2) is 48.5 Å². The molecule has 20 heavy (non-hydrogen) atoms. The molecular weight excluding hydrogens is 248 g/mol. The molecule has 3 nitrogen and oxygen atoms in total. The molecule has 2 aromatic rings. The van der Waals surface area contributed by atoms with Gasteiger partial charge >= 0.3 is 0 Å². The van der Waals surface area contributed by atoms with Crippen molar-refractivity contribution < 1.29 is 4.74 Å². The van der Waals surface area contributed by atoms with E-state index in [0.29, 0.717) is 12.3 Å². The molecule has 0 aliphatic rings. The van der Waals surface area contributed by atoms with E-state index in [4.69, 9.17) is 10.5 Å². The molecule has 0 aromatic heterocycles. The van der Waals surface area contributed by atoms with Crippen LogP contribution in [0.25, 0.3) is 0 Å². The lowest BCUT2D eigenvalue weighted by atomic mass is 10.1. The van der Waals surface area contributed by atoms with Gasteiger partial charge in [-0.15, -0.1) is 0 Å². The van der Waals surface area contributed by atoms with Gasteiger partial charge in [0.25, 0.3) is 0 Å². The summed E-state index contributed by atoms with van der Waals surface area (Å²) in [4.78, 5) is 0. The van der Waals surface area contributed by atoms with Gasteiger partial charge in [-0.1, -0.05) is 37.3 Å². The Hall–Kier alpha value is -2.16. The summed E-state index contributed by atoms with van der Waals surface area (Å²) >= 11 is 0. The maximum Gasteiger partial charge on any atom is 0.123 e. The average molecular weight is 270 g/mol. The highest BCUT2D eigenvalue weighted by Gasteiger charge is 2.06. The Balaban J connectivity index is 2.10. The standard InChI is InChI=1S/C17H22N2O/c1-3-9-20-17-11-15(18)10-16(12-17)19-13(2)14-7-5-4-6-8-14/h4-8,10-13,19H,3,9,18H2,1-2H3. The molecule has 2 aromatic carbocycles. The molecule has 1 unspecified atom stereocenters. The van der Waals surface area contributed by atoms with E-state index in [2.05, 4.69) is 31.3 Å². The minimum atomic E-state index is 0.219. The van der Waals surface area contributed by atoms with Crippen molar-refractivity contribution in [3.8, 4) is 5.75 Å². The summed E-state index contributed by atoms with van der Waals surface area (Å²) in [5, 5.41) is 3.46. The van der Waals surface area contributed by atoms with Gasteiger partial charge in [-0.05, 0) is 25.0 Å². The summed E-state index contributed by atoms with van der Waals surface area (Å²) in [5.41, 5.74) is 8.86. The van der Waals surface area contributed by atoms with Crippen molar-refractivity contribution in [1.29, 1.82) is 0 Å². The fraction of sp³-hybridized carbons (Fsp3) is 0.294. The van der Waals surface area contributed by atoms with Gasteiger partial charge in [-0.3, -0.25) is 0 Å². The molecule has 0 saturated heterocycles. The number of nitrogens with two attached hydrogens (primary N) is 1. The first-order valence-corrected chi connectivity index (χ1v) is 7.04. The Morgan fingerprint density at radius 3 is 2.60 bits per heavy atom. The molecule has 1 atom stereocenters. The molecule has 0 saturated carbocycles. The van der Waals surface area contributed by atoms with E-state index in [9.17, 15) is 0 Å². The number of ether oxygens (including phenoxy) is 1. The highest BCUT2D eigenvalue weighted by Crippen LogP contribution is 2.26. The fourth-order valence-corrected chi connectivity index (χ4v) is 2.08. The molecule has 0 aliphatic carbocycles.